The van der Waals surface area contributed by atoms with E-state index in [1.807, 2.05) is 60.7 Å². The highest BCUT2D eigenvalue weighted by Gasteiger charge is 2.27. The smallest absolute Gasteiger partial charge is 0.173 e. The standard InChI is InChI=1S/C21H20F2Si/c1-24(2,19-10-4-3-5-11-19)15-20(21(22)23)18-13-12-16-8-6-7-9-17(16)14-18/h3-14H,15H2,1-2H3. The van der Waals surface area contributed by atoms with Crippen LogP contribution in [0.2, 0.25) is 19.1 Å². The normalized spacial score (nSPS) is 11.5. The third-order valence-corrected chi connectivity index (χ3v) is 7.63. The molecule has 3 heteroatoms. The van der Waals surface area contributed by atoms with E-state index in [1.165, 1.54) is 5.19 Å². The molecule has 0 nitrogen and oxygen atoms in total. The number of benzene rings is 3. The summed E-state index contributed by atoms with van der Waals surface area (Å²) in [6.07, 6.45) is -1.57. The molecular weight excluding hydrogens is 318 g/mol. The van der Waals surface area contributed by atoms with Gasteiger partial charge in [-0.3, -0.25) is 0 Å². The molecule has 0 aliphatic rings. The lowest BCUT2D eigenvalue weighted by Crippen LogP contribution is -2.41. The molecular formula is C21H20F2Si. The predicted octanol–water partition coefficient (Wildman–Crippen LogP) is 6.06. The van der Waals surface area contributed by atoms with E-state index >= 15 is 0 Å². The minimum Gasteiger partial charge on any atom is -0.173 e. The van der Waals surface area contributed by atoms with Crippen molar-refractivity contribution < 1.29 is 8.78 Å². The number of hydrogen-bond donors (Lipinski definition) is 0. The van der Waals surface area contributed by atoms with Crippen LogP contribution in [0.25, 0.3) is 16.3 Å². The van der Waals surface area contributed by atoms with Crippen molar-refractivity contribution in [2.45, 2.75) is 19.1 Å². The highest BCUT2D eigenvalue weighted by molar-refractivity contribution is 6.91. The number of rotatable bonds is 4. The van der Waals surface area contributed by atoms with E-state index in [9.17, 15) is 8.78 Å². The highest BCUT2D eigenvalue weighted by Crippen LogP contribution is 2.31. The van der Waals surface area contributed by atoms with Crippen molar-refractivity contribution >= 4 is 29.6 Å². The Bertz CT molecular complexity index is 878. The molecule has 0 bridgehead atoms. The third-order valence-electron chi connectivity index (χ3n) is 4.50. The second kappa shape index (κ2) is 6.69. The van der Waals surface area contributed by atoms with Crippen LogP contribution in [0, 0.1) is 0 Å². The van der Waals surface area contributed by atoms with Crippen LogP contribution < -0.4 is 5.19 Å². The summed E-state index contributed by atoms with van der Waals surface area (Å²) in [5.41, 5.74) is 0.812. The lowest BCUT2D eigenvalue weighted by Gasteiger charge is -2.24. The Labute approximate surface area is 142 Å². The van der Waals surface area contributed by atoms with Crippen LogP contribution in [0.4, 0.5) is 8.78 Å². The van der Waals surface area contributed by atoms with Gasteiger partial charge in [-0.15, -0.1) is 0 Å². The fourth-order valence-corrected chi connectivity index (χ4v) is 5.61. The molecule has 0 aromatic heterocycles. The van der Waals surface area contributed by atoms with Crippen LogP contribution in [0.3, 0.4) is 0 Å². The Balaban J connectivity index is 2.00. The number of halogens is 2. The van der Waals surface area contributed by atoms with Crippen molar-refractivity contribution in [3.05, 3.63) is 84.4 Å². The Morgan fingerprint density at radius 3 is 2.08 bits per heavy atom. The molecule has 0 amide bonds. The molecule has 0 saturated heterocycles. The van der Waals surface area contributed by atoms with Crippen molar-refractivity contribution in [2.75, 3.05) is 0 Å². The summed E-state index contributed by atoms with van der Waals surface area (Å²) in [6.45, 7) is 4.29. The van der Waals surface area contributed by atoms with Gasteiger partial charge < -0.3 is 0 Å². The zero-order chi connectivity index (χ0) is 17.2. The summed E-state index contributed by atoms with van der Waals surface area (Å²) < 4.78 is 27.5. The van der Waals surface area contributed by atoms with Crippen LogP contribution in [0.5, 0.6) is 0 Å². The van der Waals surface area contributed by atoms with Crippen LogP contribution >= 0.6 is 0 Å². The van der Waals surface area contributed by atoms with Gasteiger partial charge in [0, 0.05) is 5.57 Å². The van der Waals surface area contributed by atoms with Gasteiger partial charge in [0.2, 0.25) is 0 Å². The molecule has 0 aliphatic heterocycles. The Kier molecular flexibility index (Phi) is 4.63. The van der Waals surface area contributed by atoms with Crippen LogP contribution in [-0.2, 0) is 0 Å². The van der Waals surface area contributed by atoms with Crippen LogP contribution in [0.1, 0.15) is 5.56 Å². The summed E-state index contributed by atoms with van der Waals surface area (Å²) in [4.78, 5) is 0. The van der Waals surface area contributed by atoms with Crippen LogP contribution in [-0.4, -0.2) is 8.07 Å². The number of allylic oxidation sites excluding steroid dienone is 1. The van der Waals surface area contributed by atoms with Gasteiger partial charge >= 0.3 is 0 Å². The summed E-state index contributed by atoms with van der Waals surface area (Å²) in [5.74, 6) is 0. The van der Waals surface area contributed by atoms with E-state index < -0.39 is 14.2 Å². The summed E-state index contributed by atoms with van der Waals surface area (Å²) >= 11 is 0. The second-order valence-electron chi connectivity index (χ2n) is 6.73. The fourth-order valence-electron chi connectivity index (χ4n) is 3.09. The molecule has 0 heterocycles. The largest absolute Gasteiger partial charge is 0.273 e. The van der Waals surface area contributed by atoms with Crippen LogP contribution in [0.15, 0.2) is 78.9 Å². The molecule has 3 aromatic carbocycles. The molecule has 24 heavy (non-hydrogen) atoms. The van der Waals surface area contributed by atoms with E-state index in [-0.39, 0.29) is 5.57 Å². The van der Waals surface area contributed by atoms with Gasteiger partial charge in [-0.2, -0.15) is 8.78 Å². The maximum atomic E-state index is 13.7. The molecule has 0 saturated carbocycles. The van der Waals surface area contributed by atoms with E-state index in [1.54, 1.807) is 0 Å². The highest BCUT2D eigenvalue weighted by atomic mass is 28.3. The summed E-state index contributed by atoms with van der Waals surface area (Å²) in [5, 5.41) is 3.26. The van der Waals surface area contributed by atoms with Crippen molar-refractivity contribution in [1.29, 1.82) is 0 Å². The molecule has 122 valence electrons. The number of hydrogen-bond acceptors (Lipinski definition) is 0. The predicted molar refractivity (Wildman–Crippen MR) is 101 cm³/mol. The van der Waals surface area contributed by atoms with Gasteiger partial charge in [0.15, 0.2) is 0 Å². The first-order valence-corrected chi connectivity index (χ1v) is 11.3. The molecule has 0 unspecified atom stereocenters. The molecule has 0 atom stereocenters. The monoisotopic (exact) mass is 338 g/mol. The second-order valence-corrected chi connectivity index (χ2v) is 11.4. The zero-order valence-corrected chi connectivity index (χ0v) is 14.9. The SMILES string of the molecule is C[Si](C)(CC(=C(F)F)c1ccc2ccccc2c1)c1ccccc1. The Morgan fingerprint density at radius 1 is 0.792 bits per heavy atom. The molecule has 0 spiro atoms. The molecule has 0 aliphatic carbocycles. The first kappa shape index (κ1) is 16.6. The molecule has 0 radical (unpaired) electrons. The van der Waals surface area contributed by atoms with E-state index in [0.717, 1.165) is 10.8 Å². The van der Waals surface area contributed by atoms with E-state index in [2.05, 4.69) is 25.2 Å². The quantitative estimate of drug-likeness (QED) is 0.507. The average Bonchev–Trinajstić information content (AvgIpc) is 2.60. The van der Waals surface area contributed by atoms with Gasteiger partial charge in [0.05, 0.1) is 8.07 Å². The zero-order valence-electron chi connectivity index (χ0n) is 13.9. The molecule has 0 N–H and O–H groups in total. The minimum absolute atomic E-state index is 0.182. The maximum absolute atomic E-state index is 13.7. The topological polar surface area (TPSA) is 0 Å². The third kappa shape index (κ3) is 3.46. The summed E-state index contributed by atoms with van der Waals surface area (Å²) in [7, 11) is -1.99. The first-order valence-electron chi connectivity index (χ1n) is 8.06. The van der Waals surface area contributed by atoms with Gasteiger partial charge in [0.25, 0.3) is 6.08 Å². The van der Waals surface area contributed by atoms with Crippen molar-refractivity contribution in [3.8, 4) is 0 Å². The van der Waals surface area contributed by atoms with Crippen molar-refractivity contribution in [3.63, 3.8) is 0 Å². The molecule has 3 aromatic rings. The molecule has 3 rings (SSSR count). The minimum atomic E-state index is -1.99. The van der Waals surface area contributed by atoms with Gasteiger partial charge in [-0.25, -0.2) is 0 Å². The van der Waals surface area contributed by atoms with Crippen molar-refractivity contribution in [1.82, 2.24) is 0 Å². The average molecular weight is 338 g/mol. The van der Waals surface area contributed by atoms with Crippen molar-refractivity contribution in [2.24, 2.45) is 0 Å². The van der Waals surface area contributed by atoms with Gasteiger partial charge in [-0.05, 0) is 28.4 Å². The Morgan fingerprint density at radius 2 is 1.42 bits per heavy atom. The van der Waals surface area contributed by atoms with E-state index in [0.29, 0.717) is 11.6 Å². The Hall–Kier alpha value is -2.26. The summed E-state index contributed by atoms with van der Waals surface area (Å²) in [6, 6.07) is 23.9. The maximum Gasteiger partial charge on any atom is 0.273 e. The lowest BCUT2D eigenvalue weighted by molar-refractivity contribution is 0.425. The lowest BCUT2D eigenvalue weighted by atomic mass is 10.0. The first-order chi connectivity index (χ1) is 11.5. The molecule has 0 fully saturated rings. The fraction of sp³-hybridized carbons (Fsp3) is 0.143. The van der Waals surface area contributed by atoms with Gasteiger partial charge in [0.1, 0.15) is 0 Å². The number of fused-ring (bicyclic) bond motifs is 1. The van der Waals surface area contributed by atoms with E-state index in [4.69, 9.17) is 0 Å². The van der Waals surface area contributed by atoms with Gasteiger partial charge in [-0.1, -0.05) is 85.0 Å².